The number of hydrogen-bond donors (Lipinski definition) is 0. The molecule has 0 N–H and O–H groups in total. The van der Waals surface area contributed by atoms with Crippen LogP contribution in [0.15, 0.2) is 12.2 Å². The largest absolute Gasteiger partial charge is 0.462 e. The molecule has 0 aliphatic heterocycles. The fraction of sp³-hybridized carbons (Fsp3) is 0.918. The molecule has 0 aliphatic rings. The molecule has 0 spiro atoms. The number of carbonyl (C=O) groups is 3. The molecule has 0 aromatic carbocycles. The van der Waals surface area contributed by atoms with E-state index in [1.807, 2.05) is 0 Å². The Hall–Kier alpha value is -1.85. The number of unbranched alkanes of at least 4 members (excludes halogenated alkanes) is 43. The summed E-state index contributed by atoms with van der Waals surface area (Å²) in [6.07, 6.45) is 65.5. The number of hydrogen-bond acceptors (Lipinski definition) is 6. The number of ether oxygens (including phenoxy) is 3. The van der Waals surface area contributed by atoms with Gasteiger partial charge in [0, 0.05) is 19.3 Å². The fourth-order valence-corrected chi connectivity index (χ4v) is 9.21. The maximum Gasteiger partial charge on any atom is 0.306 e. The van der Waals surface area contributed by atoms with Crippen LogP contribution in [0.4, 0.5) is 0 Å². The SMILES string of the molecule is CCCCCCCCCC/C=C\CCCCCCCCCCCCCCCCCC(=O)OCC(COC(=O)CCCCCCC)OC(=O)CCCCCCCCCCCCCCCCCCC. The van der Waals surface area contributed by atoms with E-state index in [1.165, 1.54) is 238 Å². The van der Waals surface area contributed by atoms with Crippen molar-refractivity contribution in [2.24, 2.45) is 0 Å². The number of allylic oxidation sites excluding steroid dienone is 2. The van der Waals surface area contributed by atoms with Gasteiger partial charge in [0.15, 0.2) is 6.10 Å². The van der Waals surface area contributed by atoms with Crippen LogP contribution in [0, 0.1) is 0 Å². The summed E-state index contributed by atoms with van der Waals surface area (Å²) in [5.41, 5.74) is 0. The lowest BCUT2D eigenvalue weighted by Crippen LogP contribution is -2.30. The van der Waals surface area contributed by atoms with Crippen LogP contribution >= 0.6 is 0 Å². The summed E-state index contributed by atoms with van der Waals surface area (Å²) in [4.78, 5) is 37.8. The molecule has 0 rings (SSSR count). The Morgan fingerprint density at radius 1 is 0.284 bits per heavy atom. The molecule has 6 heteroatoms. The van der Waals surface area contributed by atoms with Crippen molar-refractivity contribution in [3.8, 4) is 0 Å². The Morgan fingerprint density at radius 2 is 0.493 bits per heavy atom. The van der Waals surface area contributed by atoms with E-state index in [0.717, 1.165) is 64.2 Å². The number of carbonyl (C=O) groups excluding carboxylic acids is 3. The lowest BCUT2D eigenvalue weighted by Gasteiger charge is -2.18. The van der Waals surface area contributed by atoms with E-state index in [4.69, 9.17) is 14.2 Å². The zero-order valence-electron chi connectivity index (χ0n) is 45.5. The molecule has 0 amide bonds. The molecule has 6 nitrogen and oxygen atoms in total. The zero-order valence-corrected chi connectivity index (χ0v) is 45.5. The van der Waals surface area contributed by atoms with Crippen molar-refractivity contribution in [1.82, 2.24) is 0 Å². The van der Waals surface area contributed by atoms with Gasteiger partial charge in [-0.2, -0.15) is 0 Å². The zero-order chi connectivity index (χ0) is 48.6. The van der Waals surface area contributed by atoms with Crippen molar-refractivity contribution in [1.29, 1.82) is 0 Å². The Balaban J connectivity index is 3.96. The van der Waals surface area contributed by atoms with Crippen LogP contribution < -0.4 is 0 Å². The third-order valence-corrected chi connectivity index (χ3v) is 13.8. The van der Waals surface area contributed by atoms with Gasteiger partial charge >= 0.3 is 17.9 Å². The van der Waals surface area contributed by atoms with E-state index in [1.54, 1.807) is 0 Å². The van der Waals surface area contributed by atoms with Gasteiger partial charge in [-0.3, -0.25) is 14.4 Å². The highest BCUT2D eigenvalue weighted by atomic mass is 16.6. The van der Waals surface area contributed by atoms with Crippen LogP contribution in [0.2, 0.25) is 0 Å². The van der Waals surface area contributed by atoms with Gasteiger partial charge < -0.3 is 14.2 Å². The summed E-state index contributed by atoms with van der Waals surface area (Å²) in [7, 11) is 0. The van der Waals surface area contributed by atoms with E-state index in [2.05, 4.69) is 32.9 Å². The predicted octanol–water partition coefficient (Wildman–Crippen LogP) is 20.1. The van der Waals surface area contributed by atoms with Crippen molar-refractivity contribution in [3.63, 3.8) is 0 Å². The molecule has 0 heterocycles. The maximum atomic E-state index is 12.8. The first-order valence-electron chi connectivity index (χ1n) is 30.2. The Morgan fingerprint density at radius 3 is 0.746 bits per heavy atom. The number of esters is 3. The average molecular weight is 946 g/mol. The summed E-state index contributed by atoms with van der Waals surface area (Å²) < 4.78 is 16.7. The molecular weight excluding hydrogens is 829 g/mol. The van der Waals surface area contributed by atoms with Gasteiger partial charge in [0.05, 0.1) is 0 Å². The van der Waals surface area contributed by atoms with E-state index in [0.29, 0.717) is 19.3 Å². The Kier molecular flexibility index (Phi) is 55.2. The normalized spacial score (nSPS) is 12.0. The van der Waals surface area contributed by atoms with Crippen LogP contribution in [0.5, 0.6) is 0 Å². The highest BCUT2D eigenvalue weighted by Gasteiger charge is 2.19. The summed E-state index contributed by atoms with van der Waals surface area (Å²) in [5.74, 6) is -0.856. The smallest absolute Gasteiger partial charge is 0.306 e. The second-order valence-electron chi connectivity index (χ2n) is 20.6. The molecule has 67 heavy (non-hydrogen) atoms. The first kappa shape index (κ1) is 65.1. The quantitative estimate of drug-likeness (QED) is 0.0262. The van der Waals surface area contributed by atoms with E-state index >= 15 is 0 Å². The molecule has 1 atom stereocenters. The van der Waals surface area contributed by atoms with E-state index in [-0.39, 0.29) is 31.1 Å². The summed E-state index contributed by atoms with van der Waals surface area (Å²) in [6, 6.07) is 0. The topological polar surface area (TPSA) is 78.9 Å². The predicted molar refractivity (Wildman–Crippen MR) is 289 cm³/mol. The Labute approximate surface area is 418 Å². The molecule has 0 aromatic heterocycles. The van der Waals surface area contributed by atoms with E-state index in [9.17, 15) is 14.4 Å². The molecule has 396 valence electrons. The average Bonchev–Trinajstić information content (AvgIpc) is 3.33. The van der Waals surface area contributed by atoms with Crippen LogP contribution in [0.25, 0.3) is 0 Å². The molecule has 1 unspecified atom stereocenters. The second-order valence-corrected chi connectivity index (χ2v) is 20.6. The summed E-state index contributed by atoms with van der Waals surface area (Å²) >= 11 is 0. The van der Waals surface area contributed by atoms with Crippen molar-refractivity contribution < 1.29 is 28.6 Å². The first-order valence-corrected chi connectivity index (χ1v) is 30.2. The maximum absolute atomic E-state index is 12.8. The molecule has 0 aliphatic carbocycles. The minimum Gasteiger partial charge on any atom is -0.462 e. The molecule has 0 saturated heterocycles. The molecular formula is C61H116O6. The monoisotopic (exact) mass is 945 g/mol. The van der Waals surface area contributed by atoms with E-state index < -0.39 is 6.10 Å². The summed E-state index contributed by atoms with van der Waals surface area (Å²) in [5, 5.41) is 0. The van der Waals surface area contributed by atoms with Gasteiger partial charge in [0.25, 0.3) is 0 Å². The van der Waals surface area contributed by atoms with Crippen molar-refractivity contribution in [3.05, 3.63) is 12.2 Å². The van der Waals surface area contributed by atoms with Crippen LogP contribution in [0.3, 0.4) is 0 Å². The Bertz CT molecular complexity index is 1040. The number of rotatable bonds is 56. The minimum absolute atomic E-state index is 0.0648. The first-order chi connectivity index (χ1) is 33.0. The van der Waals surface area contributed by atoms with Crippen LogP contribution in [0.1, 0.15) is 342 Å². The second kappa shape index (κ2) is 56.7. The van der Waals surface area contributed by atoms with Crippen molar-refractivity contribution >= 4 is 17.9 Å². The third kappa shape index (κ3) is 55.0. The lowest BCUT2D eigenvalue weighted by atomic mass is 10.0. The van der Waals surface area contributed by atoms with Gasteiger partial charge in [-0.15, -0.1) is 0 Å². The van der Waals surface area contributed by atoms with Crippen LogP contribution in [-0.4, -0.2) is 37.2 Å². The van der Waals surface area contributed by atoms with Crippen molar-refractivity contribution in [2.75, 3.05) is 13.2 Å². The van der Waals surface area contributed by atoms with Gasteiger partial charge in [0.1, 0.15) is 13.2 Å². The van der Waals surface area contributed by atoms with Crippen LogP contribution in [-0.2, 0) is 28.6 Å². The fourth-order valence-electron chi connectivity index (χ4n) is 9.21. The molecule has 0 saturated carbocycles. The van der Waals surface area contributed by atoms with Gasteiger partial charge in [-0.25, -0.2) is 0 Å². The van der Waals surface area contributed by atoms with Gasteiger partial charge in [0.2, 0.25) is 0 Å². The van der Waals surface area contributed by atoms with Gasteiger partial charge in [-0.05, 0) is 44.9 Å². The molecule has 0 radical (unpaired) electrons. The standard InChI is InChI=1S/C61H116O6/c1-4-7-10-13-15-17-19-21-23-25-26-27-28-29-30-31-32-33-34-36-37-39-41-43-45-48-51-54-60(63)66-57-58(56-65-59(62)53-50-47-12-9-6-3)67-61(64)55-52-49-46-44-42-40-38-35-24-22-20-18-16-14-11-8-5-2/h25-26,58H,4-24,27-57H2,1-3H3/b26-25-. The lowest BCUT2D eigenvalue weighted by molar-refractivity contribution is -0.167. The highest BCUT2D eigenvalue weighted by molar-refractivity contribution is 5.71. The molecule has 0 fully saturated rings. The van der Waals surface area contributed by atoms with Gasteiger partial charge in [-0.1, -0.05) is 290 Å². The minimum atomic E-state index is -0.761. The summed E-state index contributed by atoms with van der Waals surface area (Å²) in [6.45, 7) is 6.61. The molecule has 0 bridgehead atoms. The highest BCUT2D eigenvalue weighted by Crippen LogP contribution is 2.18. The van der Waals surface area contributed by atoms with Crippen molar-refractivity contribution in [2.45, 2.75) is 348 Å². The molecule has 0 aromatic rings. The third-order valence-electron chi connectivity index (χ3n) is 13.8.